The summed E-state index contributed by atoms with van der Waals surface area (Å²) < 4.78 is 5.72. The predicted molar refractivity (Wildman–Crippen MR) is 110 cm³/mol. The molecule has 0 saturated carbocycles. The highest BCUT2D eigenvalue weighted by Gasteiger charge is 2.09. The van der Waals surface area contributed by atoms with Gasteiger partial charge in [-0.25, -0.2) is 0 Å². The molecule has 0 aliphatic rings. The van der Waals surface area contributed by atoms with Gasteiger partial charge in [-0.3, -0.25) is 30.2 Å². The van der Waals surface area contributed by atoms with Crippen LogP contribution in [0.1, 0.15) is 26.4 Å². The van der Waals surface area contributed by atoms with Crippen LogP contribution in [0, 0.1) is 0 Å². The van der Waals surface area contributed by atoms with Crippen LogP contribution in [-0.2, 0) is 11.2 Å². The van der Waals surface area contributed by atoms with Crippen molar-refractivity contribution in [2.75, 3.05) is 7.05 Å². The van der Waals surface area contributed by atoms with Gasteiger partial charge in [0, 0.05) is 24.9 Å². The third kappa shape index (κ3) is 5.65. The highest BCUT2D eigenvalue weighted by molar-refractivity contribution is 5.95. The summed E-state index contributed by atoms with van der Waals surface area (Å²) >= 11 is 0. The van der Waals surface area contributed by atoms with Gasteiger partial charge in [-0.15, -0.1) is 0 Å². The zero-order valence-corrected chi connectivity index (χ0v) is 16.2. The Morgan fingerprint density at radius 2 is 1.60 bits per heavy atom. The largest absolute Gasteiger partial charge is 0.457 e. The molecule has 2 aromatic carbocycles. The van der Waals surface area contributed by atoms with E-state index in [0.29, 0.717) is 17.1 Å². The molecule has 0 aliphatic carbocycles. The fourth-order valence-corrected chi connectivity index (χ4v) is 2.56. The number of benzene rings is 2. The lowest BCUT2D eigenvalue weighted by atomic mass is 10.1. The van der Waals surface area contributed by atoms with Crippen molar-refractivity contribution in [3.8, 4) is 11.5 Å². The number of hydrogen-bond donors (Lipinski definition) is 3. The van der Waals surface area contributed by atoms with Crippen molar-refractivity contribution in [2.24, 2.45) is 0 Å². The topological polar surface area (TPSA) is 109 Å². The molecule has 0 spiro atoms. The van der Waals surface area contributed by atoms with Gasteiger partial charge in [0.25, 0.3) is 11.8 Å². The van der Waals surface area contributed by atoms with Crippen molar-refractivity contribution in [3.63, 3.8) is 0 Å². The summed E-state index contributed by atoms with van der Waals surface area (Å²) in [5.74, 6) is -0.0250. The summed E-state index contributed by atoms with van der Waals surface area (Å²) in [4.78, 5) is 39.6. The average Bonchev–Trinajstić information content (AvgIpc) is 2.79. The van der Waals surface area contributed by atoms with E-state index < -0.39 is 0 Å². The first kappa shape index (κ1) is 20.5. The monoisotopic (exact) mass is 404 g/mol. The molecule has 0 bridgehead atoms. The molecule has 0 radical (unpaired) electrons. The van der Waals surface area contributed by atoms with E-state index in [0.717, 1.165) is 5.56 Å². The number of rotatable bonds is 6. The maximum atomic E-state index is 12.1. The molecule has 3 N–H and O–H groups in total. The molecule has 1 aromatic heterocycles. The molecule has 8 nitrogen and oxygen atoms in total. The Kier molecular flexibility index (Phi) is 6.73. The lowest BCUT2D eigenvalue weighted by Gasteiger charge is -2.09. The Bertz CT molecular complexity index is 1040. The van der Waals surface area contributed by atoms with Gasteiger partial charge in [-0.2, -0.15) is 0 Å². The number of nitrogens with zero attached hydrogens (tertiary/aromatic N) is 1. The first-order valence-electron chi connectivity index (χ1n) is 9.14. The highest BCUT2D eigenvalue weighted by atomic mass is 16.5. The number of hydrogen-bond acceptors (Lipinski definition) is 5. The minimum absolute atomic E-state index is 0.0887. The van der Waals surface area contributed by atoms with Gasteiger partial charge in [0.15, 0.2) is 0 Å². The Balaban J connectivity index is 1.52. The SMILES string of the molecule is CNC(=O)c1cc(Oc2ccc(CC(=O)NNC(=O)c3ccccc3)cc2)ccn1. The minimum Gasteiger partial charge on any atom is -0.457 e. The number of nitrogens with one attached hydrogen (secondary N) is 3. The van der Waals surface area contributed by atoms with E-state index in [-0.39, 0.29) is 29.8 Å². The van der Waals surface area contributed by atoms with E-state index in [1.54, 1.807) is 60.7 Å². The van der Waals surface area contributed by atoms with Crippen molar-refractivity contribution in [3.05, 3.63) is 89.7 Å². The molecular weight excluding hydrogens is 384 g/mol. The van der Waals surface area contributed by atoms with Crippen LogP contribution in [0.3, 0.4) is 0 Å². The van der Waals surface area contributed by atoms with Crippen LogP contribution in [0.2, 0.25) is 0 Å². The van der Waals surface area contributed by atoms with Crippen molar-refractivity contribution < 1.29 is 19.1 Å². The van der Waals surface area contributed by atoms with E-state index >= 15 is 0 Å². The van der Waals surface area contributed by atoms with Crippen LogP contribution in [0.15, 0.2) is 72.9 Å². The van der Waals surface area contributed by atoms with Crippen LogP contribution < -0.4 is 20.9 Å². The van der Waals surface area contributed by atoms with Crippen LogP contribution in [-0.4, -0.2) is 29.8 Å². The van der Waals surface area contributed by atoms with E-state index in [1.807, 2.05) is 0 Å². The summed E-state index contributed by atoms with van der Waals surface area (Å²) in [6, 6.07) is 18.7. The molecule has 0 aliphatic heterocycles. The maximum Gasteiger partial charge on any atom is 0.269 e. The number of aromatic nitrogens is 1. The van der Waals surface area contributed by atoms with Crippen molar-refractivity contribution in [1.82, 2.24) is 21.2 Å². The molecule has 152 valence electrons. The van der Waals surface area contributed by atoms with Gasteiger partial charge in [-0.05, 0) is 35.9 Å². The van der Waals surface area contributed by atoms with Gasteiger partial charge in [-0.1, -0.05) is 30.3 Å². The first-order chi connectivity index (χ1) is 14.5. The van der Waals surface area contributed by atoms with E-state index in [4.69, 9.17) is 4.74 Å². The summed E-state index contributed by atoms with van der Waals surface area (Å²) in [5, 5.41) is 2.50. The minimum atomic E-state index is -0.388. The van der Waals surface area contributed by atoms with Crippen LogP contribution in [0.25, 0.3) is 0 Å². The van der Waals surface area contributed by atoms with Gasteiger partial charge in [0.1, 0.15) is 17.2 Å². The molecule has 0 unspecified atom stereocenters. The fourth-order valence-electron chi connectivity index (χ4n) is 2.56. The Hall–Kier alpha value is -4.20. The number of amides is 3. The van der Waals surface area contributed by atoms with Gasteiger partial charge < -0.3 is 10.1 Å². The molecule has 0 saturated heterocycles. The van der Waals surface area contributed by atoms with Gasteiger partial charge in [0.2, 0.25) is 5.91 Å². The number of pyridine rings is 1. The molecule has 30 heavy (non-hydrogen) atoms. The summed E-state index contributed by atoms with van der Waals surface area (Å²) in [6.07, 6.45) is 1.58. The summed E-state index contributed by atoms with van der Waals surface area (Å²) in [6.45, 7) is 0. The molecule has 3 amide bonds. The second kappa shape index (κ2) is 9.83. The van der Waals surface area contributed by atoms with Gasteiger partial charge >= 0.3 is 0 Å². The molecule has 8 heteroatoms. The standard InChI is InChI=1S/C22H20N4O4/c1-23-22(29)19-14-18(11-12-24-19)30-17-9-7-15(8-10-17)13-20(27)25-26-21(28)16-5-3-2-4-6-16/h2-12,14H,13H2,1H3,(H,23,29)(H,25,27)(H,26,28). The number of carbonyl (C=O) groups excluding carboxylic acids is 3. The van der Waals surface area contributed by atoms with E-state index in [9.17, 15) is 14.4 Å². The fraction of sp³-hybridized carbons (Fsp3) is 0.0909. The van der Waals surface area contributed by atoms with Crippen molar-refractivity contribution >= 4 is 17.7 Å². The number of ether oxygens (including phenoxy) is 1. The highest BCUT2D eigenvalue weighted by Crippen LogP contribution is 2.22. The lowest BCUT2D eigenvalue weighted by molar-refractivity contribution is -0.121. The van der Waals surface area contributed by atoms with Crippen LogP contribution in [0.5, 0.6) is 11.5 Å². The lowest BCUT2D eigenvalue weighted by Crippen LogP contribution is -2.42. The zero-order chi connectivity index (χ0) is 21.3. The van der Waals surface area contributed by atoms with Crippen LogP contribution >= 0.6 is 0 Å². The Morgan fingerprint density at radius 3 is 2.30 bits per heavy atom. The molecular formula is C22H20N4O4. The second-order valence-electron chi connectivity index (χ2n) is 6.25. The maximum absolute atomic E-state index is 12.1. The molecule has 1 heterocycles. The zero-order valence-electron chi connectivity index (χ0n) is 16.2. The van der Waals surface area contributed by atoms with E-state index in [1.165, 1.54) is 19.3 Å². The smallest absolute Gasteiger partial charge is 0.269 e. The first-order valence-corrected chi connectivity index (χ1v) is 9.14. The van der Waals surface area contributed by atoms with Crippen molar-refractivity contribution in [2.45, 2.75) is 6.42 Å². The third-order valence-electron chi connectivity index (χ3n) is 4.07. The third-order valence-corrected chi connectivity index (χ3v) is 4.07. The van der Waals surface area contributed by atoms with Crippen LogP contribution in [0.4, 0.5) is 0 Å². The quantitative estimate of drug-likeness (QED) is 0.546. The number of carbonyl (C=O) groups is 3. The Morgan fingerprint density at radius 1 is 0.867 bits per heavy atom. The summed E-state index contributed by atoms with van der Waals surface area (Å²) in [5.41, 5.74) is 6.22. The van der Waals surface area contributed by atoms with Crippen molar-refractivity contribution in [1.29, 1.82) is 0 Å². The van der Waals surface area contributed by atoms with E-state index in [2.05, 4.69) is 21.2 Å². The summed E-state index contributed by atoms with van der Waals surface area (Å²) in [7, 11) is 1.53. The second-order valence-corrected chi connectivity index (χ2v) is 6.25. The average molecular weight is 404 g/mol. The number of hydrazine groups is 1. The normalized spacial score (nSPS) is 10.0. The Labute approximate surface area is 173 Å². The molecule has 0 fully saturated rings. The predicted octanol–water partition coefficient (Wildman–Crippen LogP) is 2.24. The molecule has 0 atom stereocenters. The van der Waals surface area contributed by atoms with Gasteiger partial charge in [0.05, 0.1) is 6.42 Å². The molecule has 3 aromatic rings. The molecule has 3 rings (SSSR count).